The molecular weight excluding hydrogens is 258 g/mol. The molecule has 0 atom stereocenters. The first-order chi connectivity index (χ1) is 9.37. The van der Waals surface area contributed by atoms with E-state index >= 15 is 0 Å². The number of methoxy groups -OCH3 is 1. The van der Waals surface area contributed by atoms with E-state index in [1.54, 1.807) is 45.2 Å². The van der Waals surface area contributed by atoms with Crippen LogP contribution in [0.4, 0.5) is 4.79 Å². The summed E-state index contributed by atoms with van der Waals surface area (Å²) in [7, 11) is 1.50. The molecule has 0 radical (unpaired) electrons. The summed E-state index contributed by atoms with van der Waals surface area (Å²) in [5.74, 6) is 0.481. The van der Waals surface area contributed by atoms with Gasteiger partial charge < -0.3 is 9.47 Å². The standard InChI is InChI=1S/C15H17NO4/c1-15(2,3)20-14(18)16-8-7-10-11(9-17)13(19-4)6-5-12(10)16/h5-9H,1-4H3. The molecule has 5 heteroatoms. The van der Waals surface area contributed by atoms with Crippen LogP contribution >= 0.6 is 0 Å². The van der Waals surface area contributed by atoms with Gasteiger partial charge in [0.25, 0.3) is 0 Å². The first-order valence-corrected chi connectivity index (χ1v) is 6.24. The van der Waals surface area contributed by atoms with Gasteiger partial charge in [0.05, 0.1) is 18.2 Å². The molecule has 0 saturated carbocycles. The van der Waals surface area contributed by atoms with Crippen LogP contribution in [-0.2, 0) is 4.74 Å². The fourth-order valence-electron chi connectivity index (χ4n) is 1.99. The lowest BCUT2D eigenvalue weighted by Gasteiger charge is -2.19. The first kappa shape index (κ1) is 14.1. The Morgan fingerprint density at radius 2 is 1.95 bits per heavy atom. The van der Waals surface area contributed by atoms with Crippen LogP contribution in [0, 0.1) is 0 Å². The van der Waals surface area contributed by atoms with Crippen molar-refractivity contribution in [2.45, 2.75) is 26.4 Å². The third-order valence-corrected chi connectivity index (χ3v) is 2.80. The molecule has 1 aromatic heterocycles. The molecule has 0 amide bonds. The zero-order valence-electron chi connectivity index (χ0n) is 12.0. The number of aromatic nitrogens is 1. The maximum atomic E-state index is 12.1. The molecule has 0 unspecified atom stereocenters. The number of ether oxygens (including phenoxy) is 2. The van der Waals surface area contributed by atoms with Crippen molar-refractivity contribution in [1.29, 1.82) is 0 Å². The van der Waals surface area contributed by atoms with Gasteiger partial charge in [0.1, 0.15) is 11.4 Å². The van der Waals surface area contributed by atoms with E-state index in [1.165, 1.54) is 11.7 Å². The molecule has 1 heterocycles. The molecule has 0 aliphatic carbocycles. The van der Waals surface area contributed by atoms with Gasteiger partial charge in [-0.05, 0) is 39.0 Å². The SMILES string of the molecule is COc1ccc2c(ccn2C(=O)OC(C)(C)C)c1C=O. The van der Waals surface area contributed by atoms with E-state index < -0.39 is 11.7 Å². The molecule has 2 rings (SSSR count). The van der Waals surface area contributed by atoms with Crippen molar-refractivity contribution in [3.63, 3.8) is 0 Å². The minimum absolute atomic E-state index is 0.423. The van der Waals surface area contributed by atoms with Crippen molar-refractivity contribution >= 4 is 23.3 Å². The van der Waals surface area contributed by atoms with Gasteiger partial charge in [-0.25, -0.2) is 4.79 Å². The van der Waals surface area contributed by atoms with Crippen LogP contribution in [0.25, 0.3) is 10.9 Å². The maximum absolute atomic E-state index is 12.1. The average molecular weight is 275 g/mol. The average Bonchev–Trinajstić information content (AvgIpc) is 2.79. The summed E-state index contributed by atoms with van der Waals surface area (Å²) in [6.45, 7) is 5.41. The Hall–Kier alpha value is -2.30. The summed E-state index contributed by atoms with van der Waals surface area (Å²) >= 11 is 0. The Labute approximate surface area is 117 Å². The summed E-state index contributed by atoms with van der Waals surface area (Å²) in [6.07, 6.45) is 1.83. The summed E-state index contributed by atoms with van der Waals surface area (Å²) in [6, 6.07) is 5.09. The number of rotatable bonds is 2. The van der Waals surface area contributed by atoms with E-state index in [4.69, 9.17) is 9.47 Å². The lowest BCUT2D eigenvalue weighted by molar-refractivity contribution is 0.0544. The van der Waals surface area contributed by atoms with Crippen LogP contribution in [0.15, 0.2) is 24.4 Å². The third kappa shape index (κ3) is 2.52. The highest BCUT2D eigenvalue weighted by atomic mass is 16.6. The van der Waals surface area contributed by atoms with Crippen LogP contribution in [0.1, 0.15) is 31.1 Å². The topological polar surface area (TPSA) is 57.5 Å². The Morgan fingerprint density at radius 1 is 1.25 bits per heavy atom. The molecule has 5 nitrogen and oxygen atoms in total. The number of nitrogens with zero attached hydrogens (tertiary/aromatic N) is 1. The van der Waals surface area contributed by atoms with Gasteiger partial charge in [-0.15, -0.1) is 0 Å². The van der Waals surface area contributed by atoms with E-state index in [-0.39, 0.29) is 0 Å². The number of carbonyl (C=O) groups is 2. The van der Waals surface area contributed by atoms with Gasteiger partial charge in [0, 0.05) is 11.6 Å². The second kappa shape index (κ2) is 5.00. The maximum Gasteiger partial charge on any atom is 0.418 e. The van der Waals surface area contributed by atoms with E-state index in [0.29, 0.717) is 22.2 Å². The van der Waals surface area contributed by atoms with Gasteiger partial charge in [-0.3, -0.25) is 9.36 Å². The van der Waals surface area contributed by atoms with Crippen molar-refractivity contribution in [2.24, 2.45) is 0 Å². The third-order valence-electron chi connectivity index (χ3n) is 2.80. The lowest BCUT2D eigenvalue weighted by atomic mass is 10.1. The Balaban J connectivity index is 2.53. The molecule has 20 heavy (non-hydrogen) atoms. The number of aldehydes is 1. The molecule has 0 N–H and O–H groups in total. The summed E-state index contributed by atoms with van der Waals surface area (Å²) in [4.78, 5) is 23.3. The zero-order chi connectivity index (χ0) is 14.9. The van der Waals surface area contributed by atoms with Gasteiger partial charge in [-0.1, -0.05) is 0 Å². The van der Waals surface area contributed by atoms with Crippen molar-refractivity contribution in [3.05, 3.63) is 30.0 Å². The quantitative estimate of drug-likeness (QED) is 0.789. The molecule has 0 aliphatic rings. The Morgan fingerprint density at radius 3 is 2.50 bits per heavy atom. The summed E-state index contributed by atoms with van der Waals surface area (Å²) < 4.78 is 11.8. The number of benzene rings is 1. The summed E-state index contributed by atoms with van der Waals surface area (Å²) in [5, 5.41) is 0.658. The summed E-state index contributed by atoms with van der Waals surface area (Å²) in [5.41, 5.74) is 0.461. The predicted octanol–water partition coefficient (Wildman–Crippen LogP) is 3.25. The van der Waals surface area contributed by atoms with Gasteiger partial charge in [0.2, 0.25) is 0 Å². The van der Waals surface area contributed by atoms with Crippen LogP contribution in [0.5, 0.6) is 5.75 Å². The Bertz CT molecular complexity index is 664. The van der Waals surface area contributed by atoms with E-state index in [1.807, 2.05) is 0 Å². The van der Waals surface area contributed by atoms with Crippen molar-refractivity contribution < 1.29 is 19.1 Å². The number of hydrogen-bond donors (Lipinski definition) is 0. The monoisotopic (exact) mass is 275 g/mol. The second-order valence-electron chi connectivity index (χ2n) is 5.40. The first-order valence-electron chi connectivity index (χ1n) is 6.24. The largest absolute Gasteiger partial charge is 0.496 e. The number of fused-ring (bicyclic) bond motifs is 1. The Kier molecular flexibility index (Phi) is 3.53. The predicted molar refractivity (Wildman–Crippen MR) is 75.5 cm³/mol. The molecule has 0 fully saturated rings. The van der Waals surface area contributed by atoms with Gasteiger partial charge in [-0.2, -0.15) is 0 Å². The second-order valence-corrected chi connectivity index (χ2v) is 5.40. The highest BCUT2D eigenvalue weighted by molar-refractivity contribution is 6.02. The normalized spacial score (nSPS) is 11.4. The molecule has 0 saturated heterocycles. The molecular formula is C15H17NO4. The van der Waals surface area contributed by atoms with Crippen molar-refractivity contribution in [3.8, 4) is 5.75 Å². The molecule has 2 aromatic rings. The highest BCUT2D eigenvalue weighted by Crippen LogP contribution is 2.27. The number of carbonyl (C=O) groups excluding carboxylic acids is 2. The van der Waals surface area contributed by atoms with Gasteiger partial charge >= 0.3 is 6.09 Å². The molecule has 0 bridgehead atoms. The van der Waals surface area contributed by atoms with Crippen LogP contribution in [0.3, 0.4) is 0 Å². The zero-order valence-corrected chi connectivity index (χ0v) is 12.0. The van der Waals surface area contributed by atoms with Crippen molar-refractivity contribution in [2.75, 3.05) is 7.11 Å². The minimum Gasteiger partial charge on any atom is -0.496 e. The smallest absolute Gasteiger partial charge is 0.418 e. The van der Waals surface area contributed by atoms with E-state index in [0.717, 1.165) is 6.29 Å². The molecule has 0 spiro atoms. The molecule has 106 valence electrons. The fourth-order valence-corrected chi connectivity index (χ4v) is 1.99. The van der Waals surface area contributed by atoms with E-state index in [2.05, 4.69) is 0 Å². The lowest BCUT2D eigenvalue weighted by Crippen LogP contribution is -2.26. The number of hydrogen-bond acceptors (Lipinski definition) is 4. The molecule has 1 aromatic carbocycles. The van der Waals surface area contributed by atoms with Crippen molar-refractivity contribution in [1.82, 2.24) is 4.57 Å². The van der Waals surface area contributed by atoms with Crippen LogP contribution in [-0.4, -0.2) is 29.7 Å². The van der Waals surface area contributed by atoms with Crippen LogP contribution < -0.4 is 4.74 Å². The fraction of sp³-hybridized carbons (Fsp3) is 0.333. The molecule has 0 aliphatic heterocycles. The van der Waals surface area contributed by atoms with Gasteiger partial charge in [0.15, 0.2) is 6.29 Å². The minimum atomic E-state index is -0.576. The highest BCUT2D eigenvalue weighted by Gasteiger charge is 2.20. The van der Waals surface area contributed by atoms with E-state index in [9.17, 15) is 9.59 Å². The van der Waals surface area contributed by atoms with Crippen LogP contribution in [0.2, 0.25) is 0 Å².